The summed E-state index contributed by atoms with van der Waals surface area (Å²) in [7, 11) is 1.70. The number of likely N-dealkylation sites (tertiary alicyclic amines) is 1. The van der Waals surface area contributed by atoms with Crippen LogP contribution in [-0.4, -0.2) is 62.7 Å². The summed E-state index contributed by atoms with van der Waals surface area (Å²) in [5.74, 6) is 3.07. The number of carbonyl (C=O) groups is 1. The van der Waals surface area contributed by atoms with Crippen LogP contribution in [0.5, 0.6) is 11.5 Å². The third kappa shape index (κ3) is 6.15. The van der Waals surface area contributed by atoms with E-state index < -0.39 is 0 Å². The Morgan fingerprint density at radius 2 is 1.96 bits per heavy atom. The highest BCUT2D eigenvalue weighted by molar-refractivity contribution is 14.0. The minimum absolute atomic E-state index is 0. The number of fused-ring (bicyclic) bond motifs is 1. The Morgan fingerprint density at radius 3 is 2.64 bits per heavy atom. The molecule has 2 aliphatic heterocycles. The summed E-state index contributed by atoms with van der Waals surface area (Å²) < 4.78 is 11.8. The average molecular weight is 502 g/mol. The van der Waals surface area contributed by atoms with Gasteiger partial charge in [0.2, 0.25) is 5.91 Å². The number of halogens is 1. The van der Waals surface area contributed by atoms with Gasteiger partial charge in [0.05, 0.1) is 6.54 Å². The number of guanidine groups is 1. The zero-order valence-corrected chi connectivity index (χ0v) is 19.0. The largest absolute Gasteiger partial charge is 0.486 e. The van der Waals surface area contributed by atoms with E-state index in [2.05, 4.69) is 22.5 Å². The fourth-order valence-corrected chi connectivity index (χ4v) is 3.48. The molecule has 1 unspecified atom stereocenters. The monoisotopic (exact) mass is 502 g/mol. The van der Waals surface area contributed by atoms with Crippen LogP contribution in [-0.2, 0) is 4.79 Å². The minimum atomic E-state index is -0.0839. The summed E-state index contributed by atoms with van der Waals surface area (Å²) in [6, 6.07) is 7.73. The summed E-state index contributed by atoms with van der Waals surface area (Å²) in [4.78, 5) is 18.6. The van der Waals surface area contributed by atoms with Crippen molar-refractivity contribution < 1.29 is 14.3 Å². The second-order valence-corrected chi connectivity index (χ2v) is 7.00. The van der Waals surface area contributed by atoms with E-state index in [1.165, 1.54) is 0 Å². The predicted molar refractivity (Wildman–Crippen MR) is 121 cm³/mol. The van der Waals surface area contributed by atoms with Crippen LogP contribution in [0.1, 0.15) is 26.2 Å². The number of nitrogens with zero attached hydrogens (tertiary/aromatic N) is 2. The second kappa shape index (κ2) is 11.3. The van der Waals surface area contributed by atoms with E-state index in [1.54, 1.807) is 7.05 Å². The Bertz CT molecular complexity index is 663. The molecule has 2 N–H and O–H groups in total. The first kappa shape index (κ1) is 22.6. The lowest BCUT2D eigenvalue weighted by Crippen LogP contribution is -2.46. The lowest BCUT2D eigenvalue weighted by Gasteiger charge is -2.34. The number of aliphatic imine (C=N–C) groups is 1. The van der Waals surface area contributed by atoms with Gasteiger partial charge in [0.25, 0.3) is 0 Å². The summed E-state index contributed by atoms with van der Waals surface area (Å²) >= 11 is 0. The maximum atomic E-state index is 11.6. The van der Waals surface area contributed by atoms with Crippen LogP contribution in [0, 0.1) is 5.92 Å². The highest BCUT2D eigenvalue weighted by Gasteiger charge is 2.24. The number of ether oxygens (including phenoxy) is 2. The van der Waals surface area contributed by atoms with Gasteiger partial charge in [-0.3, -0.25) is 4.79 Å². The van der Waals surface area contributed by atoms with Crippen molar-refractivity contribution in [3.8, 4) is 11.5 Å². The van der Waals surface area contributed by atoms with Gasteiger partial charge in [0.1, 0.15) is 6.61 Å². The van der Waals surface area contributed by atoms with E-state index in [1.807, 2.05) is 24.3 Å². The van der Waals surface area contributed by atoms with Crippen LogP contribution in [0.25, 0.3) is 0 Å². The van der Waals surface area contributed by atoms with E-state index in [0.717, 1.165) is 49.9 Å². The quantitative estimate of drug-likeness (QED) is 0.367. The molecule has 0 bridgehead atoms. The number of carbonyl (C=O) groups excluding carboxylic acids is 1. The molecule has 28 heavy (non-hydrogen) atoms. The van der Waals surface area contributed by atoms with Crippen LogP contribution in [0.15, 0.2) is 29.3 Å². The zero-order valence-electron chi connectivity index (χ0n) is 16.6. The molecular weight excluding hydrogens is 471 g/mol. The topological polar surface area (TPSA) is 75.2 Å². The van der Waals surface area contributed by atoms with Gasteiger partial charge in [0, 0.05) is 33.1 Å². The molecule has 2 heterocycles. The standard InChI is InChI=1S/C20H30N4O3.HI/c1-3-22-20(24-10-8-15(9-11-24)12-19(25)21-2)23-13-16-14-26-17-6-4-5-7-18(17)27-16;/h4-7,15-16H,3,8-14H2,1-2H3,(H,21,25)(H,22,23);1H. The highest BCUT2D eigenvalue weighted by Crippen LogP contribution is 2.30. The van der Waals surface area contributed by atoms with E-state index in [-0.39, 0.29) is 36.0 Å². The third-order valence-electron chi connectivity index (χ3n) is 5.01. The number of para-hydroxylation sites is 2. The summed E-state index contributed by atoms with van der Waals surface area (Å²) in [6.45, 7) is 5.78. The van der Waals surface area contributed by atoms with Crippen molar-refractivity contribution in [2.75, 3.05) is 39.8 Å². The second-order valence-electron chi connectivity index (χ2n) is 7.00. The molecule has 0 spiro atoms. The van der Waals surface area contributed by atoms with E-state index in [9.17, 15) is 4.79 Å². The minimum Gasteiger partial charge on any atom is -0.486 e. The molecule has 1 amide bonds. The SMILES string of the molecule is CCNC(=NCC1COc2ccccc2O1)N1CCC(CC(=O)NC)CC1.I. The first-order valence-electron chi connectivity index (χ1n) is 9.82. The van der Waals surface area contributed by atoms with Gasteiger partial charge in [-0.2, -0.15) is 0 Å². The van der Waals surface area contributed by atoms with E-state index in [0.29, 0.717) is 25.5 Å². The predicted octanol–water partition coefficient (Wildman–Crippen LogP) is 2.26. The highest BCUT2D eigenvalue weighted by atomic mass is 127. The maximum Gasteiger partial charge on any atom is 0.220 e. The number of benzene rings is 1. The fraction of sp³-hybridized carbons (Fsp3) is 0.600. The van der Waals surface area contributed by atoms with Gasteiger partial charge in [-0.25, -0.2) is 4.99 Å². The number of amides is 1. The molecule has 0 saturated carbocycles. The Hall–Kier alpha value is -1.71. The van der Waals surface area contributed by atoms with Gasteiger partial charge in [-0.1, -0.05) is 12.1 Å². The van der Waals surface area contributed by atoms with Crippen molar-refractivity contribution in [2.45, 2.75) is 32.3 Å². The van der Waals surface area contributed by atoms with Crippen molar-refractivity contribution in [2.24, 2.45) is 10.9 Å². The van der Waals surface area contributed by atoms with Crippen molar-refractivity contribution in [3.05, 3.63) is 24.3 Å². The van der Waals surface area contributed by atoms with Crippen molar-refractivity contribution in [1.29, 1.82) is 0 Å². The lowest BCUT2D eigenvalue weighted by molar-refractivity contribution is -0.121. The third-order valence-corrected chi connectivity index (χ3v) is 5.01. The Labute approximate surface area is 184 Å². The van der Waals surface area contributed by atoms with Gasteiger partial charge >= 0.3 is 0 Å². The van der Waals surface area contributed by atoms with Crippen LogP contribution in [0.4, 0.5) is 0 Å². The van der Waals surface area contributed by atoms with Gasteiger partial charge in [-0.15, -0.1) is 24.0 Å². The molecule has 0 radical (unpaired) electrons. The molecule has 2 aliphatic rings. The van der Waals surface area contributed by atoms with E-state index >= 15 is 0 Å². The molecule has 1 aromatic carbocycles. The molecule has 1 atom stereocenters. The Morgan fingerprint density at radius 1 is 1.25 bits per heavy atom. The fourth-order valence-electron chi connectivity index (χ4n) is 3.48. The van der Waals surface area contributed by atoms with Crippen molar-refractivity contribution in [3.63, 3.8) is 0 Å². The van der Waals surface area contributed by atoms with Gasteiger partial charge in [0.15, 0.2) is 23.6 Å². The maximum absolute atomic E-state index is 11.6. The summed E-state index contributed by atoms with van der Waals surface area (Å²) in [6.07, 6.45) is 2.55. The molecule has 8 heteroatoms. The van der Waals surface area contributed by atoms with Crippen LogP contribution >= 0.6 is 24.0 Å². The molecule has 156 valence electrons. The smallest absolute Gasteiger partial charge is 0.220 e. The number of piperidine rings is 1. The van der Waals surface area contributed by atoms with Crippen molar-refractivity contribution >= 4 is 35.8 Å². The molecule has 0 aromatic heterocycles. The normalized spacial score (nSPS) is 19.6. The zero-order chi connectivity index (χ0) is 19.1. The van der Waals surface area contributed by atoms with Crippen LogP contribution < -0.4 is 20.1 Å². The molecule has 3 rings (SSSR count). The van der Waals surface area contributed by atoms with Gasteiger partial charge < -0.3 is 25.0 Å². The molecule has 7 nitrogen and oxygen atoms in total. The Kier molecular flexibility index (Phi) is 9.14. The van der Waals surface area contributed by atoms with Crippen LogP contribution in [0.3, 0.4) is 0 Å². The van der Waals surface area contributed by atoms with Crippen LogP contribution in [0.2, 0.25) is 0 Å². The Balaban J connectivity index is 0.00000280. The number of hydrogen-bond donors (Lipinski definition) is 2. The first-order chi connectivity index (χ1) is 13.2. The molecule has 1 fully saturated rings. The molecule has 0 aliphatic carbocycles. The molecule has 1 aromatic rings. The lowest BCUT2D eigenvalue weighted by atomic mass is 9.93. The number of rotatable bonds is 5. The number of nitrogens with one attached hydrogen (secondary N) is 2. The average Bonchev–Trinajstić information content (AvgIpc) is 2.71. The van der Waals surface area contributed by atoms with Crippen molar-refractivity contribution in [1.82, 2.24) is 15.5 Å². The van der Waals surface area contributed by atoms with E-state index in [4.69, 9.17) is 14.5 Å². The first-order valence-corrected chi connectivity index (χ1v) is 9.82. The number of hydrogen-bond acceptors (Lipinski definition) is 4. The van der Waals surface area contributed by atoms with Gasteiger partial charge in [-0.05, 0) is 37.8 Å². The molecule has 1 saturated heterocycles. The summed E-state index contributed by atoms with van der Waals surface area (Å²) in [5.41, 5.74) is 0. The summed E-state index contributed by atoms with van der Waals surface area (Å²) in [5, 5.41) is 6.09. The molecular formula is C20H31IN4O3.